The van der Waals surface area contributed by atoms with Crippen LogP contribution in [-0.4, -0.2) is 25.4 Å². The lowest BCUT2D eigenvalue weighted by Crippen LogP contribution is -2.20. The molecule has 2 atom stereocenters. The van der Waals surface area contributed by atoms with Crippen molar-refractivity contribution in [2.45, 2.75) is 18.2 Å². The number of rotatable bonds is 4. The Balaban J connectivity index is 1.73. The zero-order valence-corrected chi connectivity index (χ0v) is 13.7. The molecule has 0 N–H and O–H groups in total. The van der Waals surface area contributed by atoms with Gasteiger partial charge < -0.3 is 9.64 Å². The van der Waals surface area contributed by atoms with Gasteiger partial charge in [0.2, 0.25) is 5.78 Å². The predicted molar refractivity (Wildman–Crippen MR) is 86.6 cm³/mol. The zero-order valence-electron chi connectivity index (χ0n) is 12.9. The van der Waals surface area contributed by atoms with E-state index in [-0.39, 0.29) is 24.1 Å². The summed E-state index contributed by atoms with van der Waals surface area (Å²) in [7, 11) is 1.82. The molecule has 0 bridgehead atoms. The molecule has 0 saturated heterocycles. The molecular weight excluding hydrogens is 312 g/mol. The lowest BCUT2D eigenvalue weighted by molar-refractivity contribution is -0.148. The SMILES string of the molecule is C[C@H]1C[C@@H]1C(=O)OCC(=O)/C(C#N)=C1\Sc2ccccc2N1C. The van der Waals surface area contributed by atoms with Crippen LogP contribution in [0.25, 0.3) is 0 Å². The third-order valence-corrected chi connectivity index (χ3v) is 5.34. The van der Waals surface area contributed by atoms with E-state index in [1.807, 2.05) is 49.2 Å². The summed E-state index contributed by atoms with van der Waals surface area (Å²) in [6, 6.07) is 9.66. The van der Waals surface area contributed by atoms with Gasteiger partial charge >= 0.3 is 5.97 Å². The van der Waals surface area contributed by atoms with Gasteiger partial charge in [-0.2, -0.15) is 5.26 Å². The average molecular weight is 328 g/mol. The Kier molecular flexibility index (Phi) is 4.14. The van der Waals surface area contributed by atoms with Gasteiger partial charge in [-0.1, -0.05) is 30.8 Å². The smallest absolute Gasteiger partial charge is 0.309 e. The summed E-state index contributed by atoms with van der Waals surface area (Å²) < 4.78 is 5.05. The first-order chi connectivity index (χ1) is 11.0. The second-order valence-corrected chi connectivity index (χ2v) is 6.80. The maximum Gasteiger partial charge on any atom is 0.309 e. The van der Waals surface area contributed by atoms with Crippen LogP contribution in [0.1, 0.15) is 13.3 Å². The quantitative estimate of drug-likeness (QED) is 0.481. The molecule has 0 aromatic heterocycles. The number of nitriles is 1. The van der Waals surface area contributed by atoms with E-state index >= 15 is 0 Å². The molecule has 2 aliphatic rings. The van der Waals surface area contributed by atoms with Crippen LogP contribution in [-0.2, 0) is 14.3 Å². The van der Waals surface area contributed by atoms with Crippen molar-refractivity contribution in [3.05, 3.63) is 34.9 Å². The van der Waals surface area contributed by atoms with Crippen LogP contribution >= 0.6 is 11.8 Å². The van der Waals surface area contributed by atoms with Crippen molar-refractivity contribution in [1.29, 1.82) is 5.26 Å². The molecule has 23 heavy (non-hydrogen) atoms. The predicted octanol–water partition coefficient (Wildman–Crippen LogP) is 2.73. The number of ketones is 1. The second kappa shape index (κ2) is 6.09. The standard InChI is InChI=1S/C17H16N2O3S/c1-10-7-11(10)17(21)22-9-14(20)12(8-18)16-19(2)13-5-3-4-6-15(13)23-16/h3-6,10-11H,7,9H2,1-2H3/b16-12-/t10-,11-/m0/s1. The van der Waals surface area contributed by atoms with Gasteiger partial charge in [0.15, 0.2) is 6.61 Å². The third-order valence-electron chi connectivity index (χ3n) is 4.10. The van der Waals surface area contributed by atoms with Crippen molar-refractivity contribution >= 4 is 29.2 Å². The van der Waals surface area contributed by atoms with Gasteiger partial charge in [-0.3, -0.25) is 9.59 Å². The van der Waals surface area contributed by atoms with Crippen LogP contribution in [0.5, 0.6) is 0 Å². The van der Waals surface area contributed by atoms with Crippen LogP contribution in [0.2, 0.25) is 0 Å². The largest absolute Gasteiger partial charge is 0.457 e. The molecule has 1 aromatic carbocycles. The molecule has 0 unspecified atom stereocenters. The zero-order chi connectivity index (χ0) is 16.6. The Morgan fingerprint density at radius 1 is 1.43 bits per heavy atom. The molecule has 0 spiro atoms. The molecule has 1 aromatic rings. The summed E-state index contributed by atoms with van der Waals surface area (Å²) in [4.78, 5) is 26.8. The highest BCUT2D eigenvalue weighted by atomic mass is 32.2. The number of para-hydroxylation sites is 1. The maximum absolute atomic E-state index is 12.3. The lowest BCUT2D eigenvalue weighted by atomic mass is 10.2. The van der Waals surface area contributed by atoms with Gasteiger partial charge in [0.25, 0.3) is 0 Å². The van der Waals surface area contributed by atoms with Crippen LogP contribution in [0.4, 0.5) is 5.69 Å². The summed E-state index contributed by atoms with van der Waals surface area (Å²) >= 11 is 1.38. The molecule has 118 valence electrons. The molecule has 5 nitrogen and oxygen atoms in total. The summed E-state index contributed by atoms with van der Waals surface area (Å²) in [6.07, 6.45) is 0.813. The average Bonchev–Trinajstić information content (AvgIpc) is 3.20. The van der Waals surface area contributed by atoms with Gasteiger partial charge in [0.1, 0.15) is 16.7 Å². The molecule has 3 rings (SSSR count). The molecule has 1 saturated carbocycles. The van der Waals surface area contributed by atoms with Crippen molar-refractivity contribution in [3.8, 4) is 6.07 Å². The topological polar surface area (TPSA) is 70.4 Å². The molecule has 1 aliphatic carbocycles. The summed E-state index contributed by atoms with van der Waals surface area (Å²) in [6.45, 7) is 1.59. The first-order valence-corrected chi connectivity index (χ1v) is 8.19. The van der Waals surface area contributed by atoms with Gasteiger partial charge in [-0.05, 0) is 24.5 Å². The highest BCUT2D eigenvalue weighted by molar-refractivity contribution is 8.03. The van der Waals surface area contributed by atoms with Crippen LogP contribution < -0.4 is 4.90 Å². The fourth-order valence-electron chi connectivity index (χ4n) is 2.52. The number of esters is 1. The molecule has 1 heterocycles. The molecule has 0 amide bonds. The highest BCUT2D eigenvalue weighted by Gasteiger charge is 2.41. The number of fused-ring (bicyclic) bond motifs is 1. The molecule has 0 radical (unpaired) electrons. The van der Waals surface area contributed by atoms with Crippen molar-refractivity contribution in [2.24, 2.45) is 11.8 Å². The number of carbonyl (C=O) groups excluding carboxylic acids is 2. The number of Topliss-reactive ketones (excluding diaryl/α,β-unsaturated/α-hetero) is 1. The molecule has 1 fully saturated rings. The Morgan fingerprint density at radius 2 is 2.13 bits per heavy atom. The van der Waals surface area contributed by atoms with Crippen molar-refractivity contribution in [3.63, 3.8) is 0 Å². The minimum Gasteiger partial charge on any atom is -0.457 e. The summed E-state index contributed by atoms with van der Waals surface area (Å²) in [5, 5.41) is 9.95. The van der Waals surface area contributed by atoms with Gasteiger partial charge in [0, 0.05) is 11.9 Å². The number of anilines is 1. The van der Waals surface area contributed by atoms with Crippen LogP contribution in [0, 0.1) is 23.2 Å². The third kappa shape index (κ3) is 2.97. The van der Waals surface area contributed by atoms with Crippen LogP contribution in [0.15, 0.2) is 39.8 Å². The van der Waals surface area contributed by atoms with E-state index in [4.69, 9.17) is 4.74 Å². The summed E-state index contributed by atoms with van der Waals surface area (Å²) in [5.74, 6) is -0.564. The Hall–Kier alpha value is -2.26. The number of hydrogen-bond donors (Lipinski definition) is 0. The van der Waals surface area contributed by atoms with E-state index in [9.17, 15) is 14.9 Å². The normalized spacial score (nSPS) is 23.8. The number of hydrogen-bond acceptors (Lipinski definition) is 6. The van der Waals surface area contributed by atoms with Crippen molar-refractivity contribution in [2.75, 3.05) is 18.6 Å². The minimum atomic E-state index is -0.462. The van der Waals surface area contributed by atoms with E-state index in [2.05, 4.69) is 0 Å². The number of thioether (sulfide) groups is 1. The van der Waals surface area contributed by atoms with E-state index in [0.717, 1.165) is 17.0 Å². The molecular formula is C17H16N2O3S. The first-order valence-electron chi connectivity index (χ1n) is 7.37. The van der Waals surface area contributed by atoms with Crippen molar-refractivity contribution in [1.82, 2.24) is 0 Å². The number of carbonyl (C=O) groups is 2. The Morgan fingerprint density at radius 3 is 2.74 bits per heavy atom. The van der Waals surface area contributed by atoms with E-state index in [1.54, 1.807) is 0 Å². The van der Waals surface area contributed by atoms with Gasteiger partial charge in [-0.25, -0.2) is 0 Å². The van der Waals surface area contributed by atoms with E-state index < -0.39 is 5.78 Å². The Labute approximate surface area is 138 Å². The van der Waals surface area contributed by atoms with E-state index in [0.29, 0.717) is 10.9 Å². The summed E-state index contributed by atoms with van der Waals surface area (Å²) in [5.41, 5.74) is 0.988. The second-order valence-electron chi connectivity index (χ2n) is 5.77. The lowest BCUT2D eigenvalue weighted by Gasteiger charge is -2.14. The fraction of sp³-hybridized carbons (Fsp3) is 0.353. The monoisotopic (exact) mass is 328 g/mol. The first kappa shape index (κ1) is 15.6. The number of ether oxygens (including phenoxy) is 1. The number of nitrogens with zero attached hydrogens (tertiary/aromatic N) is 2. The maximum atomic E-state index is 12.3. The van der Waals surface area contributed by atoms with E-state index in [1.165, 1.54) is 11.8 Å². The number of benzene rings is 1. The van der Waals surface area contributed by atoms with Crippen LogP contribution in [0.3, 0.4) is 0 Å². The van der Waals surface area contributed by atoms with Crippen molar-refractivity contribution < 1.29 is 14.3 Å². The Bertz CT molecular complexity index is 750. The molecule has 1 aliphatic heterocycles. The van der Waals surface area contributed by atoms with Gasteiger partial charge in [-0.15, -0.1) is 0 Å². The fourth-order valence-corrected chi connectivity index (χ4v) is 3.68. The molecule has 6 heteroatoms. The van der Waals surface area contributed by atoms with Gasteiger partial charge in [0.05, 0.1) is 11.6 Å². The highest BCUT2D eigenvalue weighted by Crippen LogP contribution is 2.46. The minimum absolute atomic E-state index is 0.0327.